The number of phenols is 1. The molecule has 0 aromatic heterocycles. The summed E-state index contributed by atoms with van der Waals surface area (Å²) < 4.78 is 5.25. The SMILES string of the molecule is CCCC=O.Oc1ccc(N2CCOCC2)cc1. The first-order chi connectivity index (χ1) is 8.77. The first-order valence-corrected chi connectivity index (χ1v) is 6.33. The molecular formula is C14H21NO3. The van der Waals surface area contributed by atoms with E-state index in [1.165, 1.54) is 0 Å². The van der Waals surface area contributed by atoms with Crippen LogP contribution in [0, 0.1) is 0 Å². The number of carbonyl (C=O) groups is 1. The van der Waals surface area contributed by atoms with Gasteiger partial charge in [-0.05, 0) is 30.7 Å². The summed E-state index contributed by atoms with van der Waals surface area (Å²) in [4.78, 5) is 11.7. The number of phenolic OH excluding ortho intramolecular Hbond substituents is 1. The zero-order valence-corrected chi connectivity index (χ0v) is 10.8. The number of hydrogen-bond acceptors (Lipinski definition) is 4. The van der Waals surface area contributed by atoms with Gasteiger partial charge in [0.2, 0.25) is 0 Å². The fraction of sp³-hybridized carbons (Fsp3) is 0.500. The summed E-state index contributed by atoms with van der Waals surface area (Å²) >= 11 is 0. The number of anilines is 1. The molecule has 1 aliphatic rings. The van der Waals surface area contributed by atoms with Gasteiger partial charge in [0.1, 0.15) is 12.0 Å². The number of unbranched alkanes of at least 4 members (excludes halogenated alkanes) is 1. The van der Waals surface area contributed by atoms with Crippen LogP contribution in [0.25, 0.3) is 0 Å². The van der Waals surface area contributed by atoms with E-state index in [1.54, 1.807) is 12.1 Å². The van der Waals surface area contributed by atoms with Gasteiger partial charge in [0, 0.05) is 25.2 Å². The summed E-state index contributed by atoms with van der Waals surface area (Å²) in [5.74, 6) is 0.317. The summed E-state index contributed by atoms with van der Waals surface area (Å²) in [6.45, 7) is 5.44. The Bertz CT molecular complexity index is 331. The Morgan fingerprint density at radius 2 is 1.89 bits per heavy atom. The van der Waals surface area contributed by atoms with E-state index < -0.39 is 0 Å². The molecule has 1 N–H and O–H groups in total. The maximum Gasteiger partial charge on any atom is 0.119 e. The van der Waals surface area contributed by atoms with E-state index in [0.29, 0.717) is 12.2 Å². The van der Waals surface area contributed by atoms with Crippen molar-refractivity contribution in [1.82, 2.24) is 0 Å². The first kappa shape index (κ1) is 14.5. The van der Waals surface area contributed by atoms with E-state index >= 15 is 0 Å². The molecule has 0 aliphatic carbocycles. The highest BCUT2D eigenvalue weighted by molar-refractivity contribution is 5.49. The average molecular weight is 251 g/mol. The van der Waals surface area contributed by atoms with Crippen LogP contribution in [0.5, 0.6) is 5.75 Å². The summed E-state index contributed by atoms with van der Waals surface area (Å²) in [5, 5.41) is 9.11. The molecule has 0 unspecified atom stereocenters. The van der Waals surface area contributed by atoms with Gasteiger partial charge in [-0.1, -0.05) is 6.92 Å². The second-order valence-electron chi connectivity index (χ2n) is 4.07. The third-order valence-electron chi connectivity index (χ3n) is 2.63. The van der Waals surface area contributed by atoms with Crippen LogP contribution >= 0.6 is 0 Å². The molecule has 4 nitrogen and oxygen atoms in total. The van der Waals surface area contributed by atoms with Crippen molar-refractivity contribution in [3.8, 4) is 5.75 Å². The van der Waals surface area contributed by atoms with Crippen molar-refractivity contribution < 1.29 is 14.6 Å². The maximum absolute atomic E-state index is 9.40. The Hall–Kier alpha value is -1.55. The van der Waals surface area contributed by atoms with Gasteiger partial charge in [-0.25, -0.2) is 0 Å². The molecule has 1 heterocycles. The van der Waals surface area contributed by atoms with Crippen LogP contribution in [0.4, 0.5) is 5.69 Å². The third kappa shape index (κ3) is 5.19. The maximum atomic E-state index is 9.40. The molecule has 1 aromatic rings. The Kier molecular flexibility index (Phi) is 6.87. The van der Waals surface area contributed by atoms with Crippen molar-refractivity contribution >= 4 is 12.0 Å². The van der Waals surface area contributed by atoms with Gasteiger partial charge in [0.25, 0.3) is 0 Å². The summed E-state index contributed by atoms with van der Waals surface area (Å²) in [5.41, 5.74) is 1.15. The second-order valence-corrected chi connectivity index (χ2v) is 4.07. The van der Waals surface area contributed by atoms with Crippen LogP contribution < -0.4 is 4.90 Å². The Balaban J connectivity index is 0.000000280. The summed E-state index contributed by atoms with van der Waals surface area (Å²) in [6.07, 6.45) is 2.61. The van der Waals surface area contributed by atoms with Crippen LogP contribution in [0.1, 0.15) is 19.8 Å². The third-order valence-corrected chi connectivity index (χ3v) is 2.63. The Morgan fingerprint density at radius 3 is 2.33 bits per heavy atom. The lowest BCUT2D eigenvalue weighted by molar-refractivity contribution is -0.107. The van der Waals surface area contributed by atoms with E-state index in [4.69, 9.17) is 9.84 Å². The normalized spacial score (nSPS) is 14.6. The second kappa shape index (κ2) is 8.53. The van der Waals surface area contributed by atoms with Crippen LogP contribution in [0.15, 0.2) is 24.3 Å². The van der Waals surface area contributed by atoms with Crippen molar-refractivity contribution in [3.05, 3.63) is 24.3 Å². The molecule has 2 rings (SSSR count). The number of rotatable bonds is 3. The van der Waals surface area contributed by atoms with Gasteiger partial charge in [0.05, 0.1) is 13.2 Å². The van der Waals surface area contributed by atoms with Gasteiger partial charge in [-0.15, -0.1) is 0 Å². The first-order valence-electron chi connectivity index (χ1n) is 6.33. The van der Waals surface area contributed by atoms with Gasteiger partial charge >= 0.3 is 0 Å². The molecule has 0 atom stereocenters. The number of carbonyl (C=O) groups excluding carboxylic acids is 1. The van der Waals surface area contributed by atoms with Crippen molar-refractivity contribution in [3.63, 3.8) is 0 Å². The molecule has 4 heteroatoms. The molecule has 0 spiro atoms. The minimum Gasteiger partial charge on any atom is -0.508 e. The van der Waals surface area contributed by atoms with Crippen LogP contribution in [-0.4, -0.2) is 37.7 Å². The highest BCUT2D eigenvalue weighted by atomic mass is 16.5. The molecule has 1 aromatic carbocycles. The van der Waals surface area contributed by atoms with E-state index in [0.717, 1.165) is 44.7 Å². The van der Waals surface area contributed by atoms with Crippen LogP contribution in [-0.2, 0) is 9.53 Å². The average Bonchev–Trinajstić information content (AvgIpc) is 2.42. The predicted octanol–water partition coefficient (Wildman–Crippen LogP) is 2.21. The van der Waals surface area contributed by atoms with Crippen molar-refractivity contribution in [2.45, 2.75) is 19.8 Å². The minimum atomic E-state index is 0.317. The molecule has 18 heavy (non-hydrogen) atoms. The zero-order valence-electron chi connectivity index (χ0n) is 10.8. The number of aromatic hydroxyl groups is 1. The quantitative estimate of drug-likeness (QED) is 0.837. The number of nitrogens with zero attached hydrogens (tertiary/aromatic N) is 1. The number of ether oxygens (including phenoxy) is 1. The van der Waals surface area contributed by atoms with Crippen LogP contribution in [0.3, 0.4) is 0 Å². The molecule has 0 amide bonds. The highest BCUT2D eigenvalue weighted by Crippen LogP contribution is 2.18. The molecule has 0 bridgehead atoms. The standard InChI is InChI=1S/C10H13NO2.C4H8O/c12-10-3-1-9(2-4-10)11-5-7-13-8-6-11;1-2-3-4-5/h1-4,12H,5-8H2;4H,2-3H2,1H3. The lowest BCUT2D eigenvalue weighted by Crippen LogP contribution is -2.36. The largest absolute Gasteiger partial charge is 0.508 e. The van der Waals surface area contributed by atoms with E-state index in [1.807, 2.05) is 19.1 Å². The highest BCUT2D eigenvalue weighted by Gasteiger charge is 2.10. The number of aldehydes is 1. The smallest absolute Gasteiger partial charge is 0.119 e. The predicted molar refractivity (Wildman–Crippen MR) is 72.1 cm³/mol. The number of morpholine rings is 1. The number of hydrogen-bond donors (Lipinski definition) is 1. The Morgan fingerprint density at radius 1 is 1.28 bits per heavy atom. The molecule has 1 aliphatic heterocycles. The molecule has 1 saturated heterocycles. The summed E-state index contributed by atoms with van der Waals surface area (Å²) in [6, 6.07) is 7.29. The topological polar surface area (TPSA) is 49.8 Å². The molecule has 0 radical (unpaired) electrons. The minimum absolute atomic E-state index is 0.317. The van der Waals surface area contributed by atoms with Gasteiger partial charge in [0.15, 0.2) is 0 Å². The Labute approximate surface area is 108 Å². The van der Waals surface area contributed by atoms with E-state index in [9.17, 15) is 4.79 Å². The number of benzene rings is 1. The fourth-order valence-corrected chi connectivity index (χ4v) is 1.60. The van der Waals surface area contributed by atoms with Gasteiger partial charge in [-0.2, -0.15) is 0 Å². The monoisotopic (exact) mass is 251 g/mol. The lowest BCUT2D eigenvalue weighted by Gasteiger charge is -2.28. The summed E-state index contributed by atoms with van der Waals surface area (Å²) in [7, 11) is 0. The fourth-order valence-electron chi connectivity index (χ4n) is 1.60. The van der Waals surface area contributed by atoms with Crippen LogP contribution in [0.2, 0.25) is 0 Å². The van der Waals surface area contributed by atoms with Gasteiger partial charge < -0.3 is 19.5 Å². The molecule has 1 fully saturated rings. The lowest BCUT2D eigenvalue weighted by atomic mass is 10.2. The molecule has 0 saturated carbocycles. The molecule has 100 valence electrons. The van der Waals surface area contributed by atoms with Crippen molar-refractivity contribution in [1.29, 1.82) is 0 Å². The van der Waals surface area contributed by atoms with E-state index in [-0.39, 0.29) is 0 Å². The van der Waals surface area contributed by atoms with Gasteiger partial charge in [-0.3, -0.25) is 0 Å². The van der Waals surface area contributed by atoms with Crippen molar-refractivity contribution in [2.75, 3.05) is 31.2 Å². The molecular weight excluding hydrogens is 230 g/mol. The van der Waals surface area contributed by atoms with Crippen molar-refractivity contribution in [2.24, 2.45) is 0 Å². The van der Waals surface area contributed by atoms with E-state index in [2.05, 4.69) is 4.90 Å². The zero-order chi connectivity index (χ0) is 13.2.